The van der Waals surface area contributed by atoms with E-state index >= 15 is 0 Å². The third kappa shape index (κ3) is 4.80. The molecule has 0 heterocycles. The predicted molar refractivity (Wildman–Crippen MR) is 91.3 cm³/mol. The van der Waals surface area contributed by atoms with E-state index in [-0.39, 0.29) is 23.8 Å². The standard InChI is InChI=1S/C16H14ClN3O3S/c17-13-3-1-4-14(11-13)20-16(21)12-5-7-15(8-6-12)24(22,23)19-10-2-9-18/h1,3-8,11,19H,2,10H2,(H,20,21). The van der Waals surface area contributed by atoms with Gasteiger partial charge in [-0.25, -0.2) is 13.1 Å². The molecule has 0 radical (unpaired) electrons. The van der Waals surface area contributed by atoms with E-state index in [2.05, 4.69) is 10.0 Å². The Bertz CT molecular complexity index is 874. The smallest absolute Gasteiger partial charge is 0.255 e. The summed E-state index contributed by atoms with van der Waals surface area (Å²) < 4.78 is 26.3. The Balaban J connectivity index is 2.08. The molecule has 0 atom stereocenters. The molecular formula is C16H14ClN3O3S. The highest BCUT2D eigenvalue weighted by atomic mass is 35.5. The summed E-state index contributed by atoms with van der Waals surface area (Å²) in [6.07, 6.45) is 0.0827. The number of halogens is 1. The Morgan fingerprint density at radius 2 is 1.88 bits per heavy atom. The first kappa shape index (κ1) is 17.9. The molecule has 2 aromatic carbocycles. The molecule has 2 rings (SSSR count). The molecule has 0 fully saturated rings. The van der Waals surface area contributed by atoms with Gasteiger partial charge in [0.15, 0.2) is 0 Å². The van der Waals surface area contributed by atoms with Gasteiger partial charge in [0.05, 0.1) is 11.0 Å². The predicted octanol–water partition coefficient (Wildman–Crippen LogP) is 2.78. The molecular weight excluding hydrogens is 350 g/mol. The van der Waals surface area contributed by atoms with Crippen LogP contribution in [0.25, 0.3) is 0 Å². The van der Waals surface area contributed by atoms with Crippen molar-refractivity contribution >= 4 is 33.2 Å². The fourth-order valence-electron chi connectivity index (χ4n) is 1.88. The second-order valence-electron chi connectivity index (χ2n) is 4.79. The van der Waals surface area contributed by atoms with Gasteiger partial charge in [-0.1, -0.05) is 17.7 Å². The zero-order valence-corrected chi connectivity index (χ0v) is 14.1. The van der Waals surface area contributed by atoms with Crippen LogP contribution < -0.4 is 10.0 Å². The summed E-state index contributed by atoms with van der Waals surface area (Å²) in [4.78, 5) is 12.2. The summed E-state index contributed by atoms with van der Waals surface area (Å²) in [5, 5.41) is 11.6. The minimum Gasteiger partial charge on any atom is -0.322 e. The normalized spacial score (nSPS) is 10.8. The lowest BCUT2D eigenvalue weighted by molar-refractivity contribution is 0.102. The van der Waals surface area contributed by atoms with E-state index in [9.17, 15) is 13.2 Å². The van der Waals surface area contributed by atoms with E-state index in [1.807, 2.05) is 6.07 Å². The highest BCUT2D eigenvalue weighted by molar-refractivity contribution is 7.89. The first-order chi connectivity index (χ1) is 11.4. The lowest BCUT2D eigenvalue weighted by Crippen LogP contribution is -2.24. The number of carbonyl (C=O) groups is 1. The second-order valence-corrected chi connectivity index (χ2v) is 7.00. The number of sulfonamides is 1. The fourth-order valence-corrected chi connectivity index (χ4v) is 3.10. The van der Waals surface area contributed by atoms with Crippen LogP contribution in [0.1, 0.15) is 16.8 Å². The average molecular weight is 364 g/mol. The summed E-state index contributed by atoms with van der Waals surface area (Å²) >= 11 is 5.85. The molecule has 0 spiro atoms. The van der Waals surface area contributed by atoms with Crippen molar-refractivity contribution in [1.82, 2.24) is 4.72 Å². The molecule has 0 saturated carbocycles. The number of benzene rings is 2. The van der Waals surface area contributed by atoms with E-state index < -0.39 is 10.0 Å². The molecule has 0 bridgehead atoms. The van der Waals surface area contributed by atoms with Crippen LogP contribution in [0.3, 0.4) is 0 Å². The maximum absolute atomic E-state index is 12.1. The number of hydrogen-bond acceptors (Lipinski definition) is 4. The van der Waals surface area contributed by atoms with Gasteiger partial charge in [-0.15, -0.1) is 0 Å². The van der Waals surface area contributed by atoms with Gasteiger partial charge >= 0.3 is 0 Å². The first-order valence-electron chi connectivity index (χ1n) is 6.96. The summed E-state index contributed by atoms with van der Waals surface area (Å²) in [6, 6.07) is 14.1. The van der Waals surface area contributed by atoms with Crippen LogP contribution in [0, 0.1) is 11.3 Å². The number of carbonyl (C=O) groups excluding carboxylic acids is 1. The maximum atomic E-state index is 12.1. The highest BCUT2D eigenvalue weighted by Gasteiger charge is 2.14. The minimum atomic E-state index is -3.69. The summed E-state index contributed by atoms with van der Waals surface area (Å²) in [7, 11) is -3.69. The van der Waals surface area contributed by atoms with Crippen LogP contribution in [-0.2, 0) is 10.0 Å². The SMILES string of the molecule is N#CCCNS(=O)(=O)c1ccc(C(=O)Nc2cccc(Cl)c2)cc1. The van der Waals surface area contributed by atoms with E-state index in [1.165, 1.54) is 24.3 Å². The Labute approximate surface area is 145 Å². The zero-order valence-electron chi connectivity index (χ0n) is 12.5. The molecule has 8 heteroatoms. The number of nitrogens with one attached hydrogen (secondary N) is 2. The Morgan fingerprint density at radius 3 is 2.50 bits per heavy atom. The molecule has 0 aliphatic rings. The molecule has 0 aromatic heterocycles. The molecule has 24 heavy (non-hydrogen) atoms. The van der Waals surface area contributed by atoms with Gasteiger partial charge in [-0.2, -0.15) is 5.26 Å². The van der Waals surface area contributed by atoms with Gasteiger partial charge in [0.1, 0.15) is 0 Å². The largest absolute Gasteiger partial charge is 0.322 e. The number of nitriles is 1. The summed E-state index contributed by atoms with van der Waals surface area (Å²) in [5.74, 6) is -0.376. The van der Waals surface area contributed by atoms with Crippen molar-refractivity contribution in [2.45, 2.75) is 11.3 Å². The Kier molecular flexibility index (Phi) is 5.93. The van der Waals surface area contributed by atoms with Gasteiger partial charge in [-0.05, 0) is 42.5 Å². The van der Waals surface area contributed by atoms with Crippen LogP contribution in [0.15, 0.2) is 53.4 Å². The topological polar surface area (TPSA) is 99.1 Å². The van der Waals surface area contributed by atoms with Crippen molar-refractivity contribution in [1.29, 1.82) is 5.26 Å². The molecule has 2 aromatic rings. The highest BCUT2D eigenvalue weighted by Crippen LogP contribution is 2.17. The van der Waals surface area contributed by atoms with Crippen molar-refractivity contribution in [3.05, 3.63) is 59.1 Å². The van der Waals surface area contributed by atoms with Crippen LogP contribution in [0.4, 0.5) is 5.69 Å². The molecule has 0 unspecified atom stereocenters. The minimum absolute atomic E-state index is 0.0275. The van der Waals surface area contributed by atoms with Crippen LogP contribution in [0.5, 0.6) is 0 Å². The fraction of sp³-hybridized carbons (Fsp3) is 0.125. The lowest BCUT2D eigenvalue weighted by Gasteiger charge is -2.08. The Hall–Kier alpha value is -2.40. The first-order valence-corrected chi connectivity index (χ1v) is 8.82. The molecule has 0 aliphatic carbocycles. The molecule has 6 nitrogen and oxygen atoms in total. The monoisotopic (exact) mass is 363 g/mol. The van der Waals surface area contributed by atoms with Crippen molar-refractivity contribution < 1.29 is 13.2 Å². The molecule has 0 saturated heterocycles. The average Bonchev–Trinajstić information content (AvgIpc) is 2.55. The molecule has 1 amide bonds. The summed E-state index contributed by atoms with van der Waals surface area (Å²) in [5.41, 5.74) is 0.855. The van der Waals surface area contributed by atoms with Gasteiger partial charge in [0, 0.05) is 29.2 Å². The number of hydrogen-bond donors (Lipinski definition) is 2. The van der Waals surface area contributed by atoms with E-state index in [1.54, 1.807) is 24.3 Å². The van der Waals surface area contributed by atoms with Gasteiger partial charge in [0.25, 0.3) is 5.91 Å². The van der Waals surface area contributed by atoms with Gasteiger partial charge in [-0.3, -0.25) is 4.79 Å². The number of amides is 1. The third-order valence-corrected chi connectivity index (χ3v) is 4.75. The second kappa shape index (κ2) is 7.93. The van der Waals surface area contributed by atoms with E-state index in [0.717, 1.165) is 0 Å². The zero-order chi connectivity index (χ0) is 17.6. The maximum Gasteiger partial charge on any atom is 0.255 e. The van der Waals surface area contributed by atoms with Crippen molar-refractivity contribution in [3.8, 4) is 6.07 Å². The van der Waals surface area contributed by atoms with Gasteiger partial charge in [0.2, 0.25) is 10.0 Å². The number of rotatable bonds is 6. The summed E-state index contributed by atoms with van der Waals surface area (Å²) in [6.45, 7) is 0.0375. The third-order valence-electron chi connectivity index (χ3n) is 3.04. The van der Waals surface area contributed by atoms with Gasteiger partial charge < -0.3 is 5.32 Å². The lowest BCUT2D eigenvalue weighted by atomic mass is 10.2. The van der Waals surface area contributed by atoms with Crippen molar-refractivity contribution in [3.63, 3.8) is 0 Å². The van der Waals surface area contributed by atoms with E-state index in [4.69, 9.17) is 16.9 Å². The van der Waals surface area contributed by atoms with Crippen LogP contribution in [-0.4, -0.2) is 20.9 Å². The molecule has 124 valence electrons. The van der Waals surface area contributed by atoms with Crippen molar-refractivity contribution in [2.24, 2.45) is 0 Å². The Morgan fingerprint density at radius 1 is 1.17 bits per heavy atom. The van der Waals surface area contributed by atoms with Crippen LogP contribution in [0.2, 0.25) is 5.02 Å². The van der Waals surface area contributed by atoms with Crippen LogP contribution >= 0.6 is 11.6 Å². The number of anilines is 1. The molecule has 0 aliphatic heterocycles. The molecule has 2 N–H and O–H groups in total. The number of nitrogens with zero attached hydrogens (tertiary/aromatic N) is 1. The quantitative estimate of drug-likeness (QED) is 0.771. The van der Waals surface area contributed by atoms with Crippen molar-refractivity contribution in [2.75, 3.05) is 11.9 Å². The van der Waals surface area contributed by atoms with E-state index in [0.29, 0.717) is 16.3 Å².